The zero-order valence-corrected chi connectivity index (χ0v) is 13.5. The topological polar surface area (TPSA) is 37.2 Å². The van der Waals surface area contributed by atoms with Gasteiger partial charge in [0.15, 0.2) is 0 Å². The van der Waals surface area contributed by atoms with E-state index in [1.807, 2.05) is 35.5 Å². The Bertz CT molecular complexity index is 572. The molecule has 0 bridgehead atoms. The lowest BCUT2D eigenvalue weighted by atomic mass is 10.1. The first-order valence-electron chi connectivity index (χ1n) is 8.11. The van der Waals surface area contributed by atoms with E-state index in [4.69, 9.17) is 0 Å². The smallest absolute Gasteiger partial charge is 0.0489 e. The Balaban J connectivity index is 1.50. The van der Waals surface area contributed by atoms with E-state index in [2.05, 4.69) is 39.8 Å². The van der Waals surface area contributed by atoms with Crippen LogP contribution >= 0.6 is 0 Å². The second-order valence-corrected chi connectivity index (χ2v) is 6.09. The normalized spacial score (nSPS) is 17.6. The Hall–Kier alpha value is -1.88. The summed E-state index contributed by atoms with van der Waals surface area (Å²) in [6.45, 7) is 9.91. The molecule has 0 unspecified atom stereocenters. The molecule has 0 aromatic carbocycles. The minimum atomic E-state index is 0.602. The van der Waals surface area contributed by atoms with Crippen molar-refractivity contribution >= 4 is 5.69 Å². The van der Waals surface area contributed by atoms with Crippen molar-refractivity contribution in [2.75, 3.05) is 31.1 Å². The van der Waals surface area contributed by atoms with Gasteiger partial charge in [0, 0.05) is 69.2 Å². The number of aryl methyl sites for hydroxylation is 2. The molecule has 0 aliphatic carbocycles. The van der Waals surface area contributed by atoms with E-state index in [1.54, 1.807) is 0 Å². The number of anilines is 1. The van der Waals surface area contributed by atoms with Gasteiger partial charge in [0.2, 0.25) is 0 Å². The Kier molecular flexibility index (Phi) is 4.73. The summed E-state index contributed by atoms with van der Waals surface area (Å²) in [5.41, 5.74) is 2.60. The van der Waals surface area contributed by atoms with Crippen LogP contribution in [-0.2, 0) is 6.54 Å². The Labute approximate surface area is 132 Å². The highest BCUT2D eigenvalue weighted by Crippen LogP contribution is 2.20. The molecule has 3 rings (SSSR count). The molecule has 22 heavy (non-hydrogen) atoms. The fraction of sp³-hybridized carbons (Fsp3) is 0.529. The van der Waals surface area contributed by atoms with E-state index >= 15 is 0 Å². The predicted octanol–water partition coefficient (Wildman–Crippen LogP) is 2.19. The van der Waals surface area contributed by atoms with Crippen molar-refractivity contribution in [2.45, 2.75) is 32.9 Å². The maximum atomic E-state index is 4.28. The number of piperazine rings is 1. The first kappa shape index (κ1) is 15.0. The van der Waals surface area contributed by atoms with Crippen LogP contribution in [0.2, 0.25) is 0 Å². The lowest BCUT2D eigenvalue weighted by Gasteiger charge is -2.39. The number of nitrogens with zero attached hydrogens (tertiary/aromatic N) is 5. The van der Waals surface area contributed by atoms with Crippen molar-refractivity contribution in [1.82, 2.24) is 19.7 Å². The van der Waals surface area contributed by atoms with E-state index in [1.165, 1.54) is 11.3 Å². The van der Waals surface area contributed by atoms with Gasteiger partial charge in [-0.2, -0.15) is 5.10 Å². The first-order chi connectivity index (χ1) is 10.7. The number of hydrogen-bond donors (Lipinski definition) is 0. The predicted molar refractivity (Wildman–Crippen MR) is 89.1 cm³/mol. The quantitative estimate of drug-likeness (QED) is 0.848. The van der Waals surface area contributed by atoms with E-state index < -0.39 is 0 Å². The van der Waals surface area contributed by atoms with Crippen molar-refractivity contribution in [3.05, 3.63) is 42.5 Å². The average Bonchev–Trinajstić information content (AvgIpc) is 3.07. The number of rotatable bonds is 5. The largest absolute Gasteiger partial charge is 0.369 e. The Morgan fingerprint density at radius 3 is 2.68 bits per heavy atom. The van der Waals surface area contributed by atoms with Crippen molar-refractivity contribution in [3.63, 3.8) is 0 Å². The third-order valence-electron chi connectivity index (χ3n) is 4.60. The molecule has 0 saturated carbocycles. The monoisotopic (exact) mass is 299 g/mol. The molecule has 1 saturated heterocycles. The van der Waals surface area contributed by atoms with Gasteiger partial charge < -0.3 is 4.90 Å². The second kappa shape index (κ2) is 6.92. The molecule has 2 aromatic heterocycles. The molecule has 5 nitrogen and oxygen atoms in total. The third kappa shape index (κ3) is 3.47. The molecule has 1 aliphatic rings. The summed E-state index contributed by atoms with van der Waals surface area (Å²) in [5.74, 6) is 0. The maximum absolute atomic E-state index is 4.28. The van der Waals surface area contributed by atoms with Crippen LogP contribution in [0.25, 0.3) is 0 Å². The van der Waals surface area contributed by atoms with Crippen LogP contribution in [0.3, 0.4) is 0 Å². The summed E-state index contributed by atoms with van der Waals surface area (Å²) in [6, 6.07) is 4.72. The molecule has 0 amide bonds. The van der Waals surface area contributed by atoms with Crippen LogP contribution in [0.5, 0.6) is 0 Å². The molecule has 5 heteroatoms. The van der Waals surface area contributed by atoms with Gasteiger partial charge in [-0.15, -0.1) is 0 Å². The van der Waals surface area contributed by atoms with Crippen molar-refractivity contribution in [3.8, 4) is 0 Å². The van der Waals surface area contributed by atoms with Gasteiger partial charge in [-0.05, 0) is 38.0 Å². The van der Waals surface area contributed by atoms with Crippen LogP contribution in [-0.4, -0.2) is 51.9 Å². The molecular weight excluding hydrogens is 274 g/mol. The van der Waals surface area contributed by atoms with Gasteiger partial charge in [-0.25, -0.2) is 0 Å². The number of pyridine rings is 1. The highest BCUT2D eigenvalue weighted by molar-refractivity contribution is 5.51. The summed E-state index contributed by atoms with van der Waals surface area (Å²) in [5, 5.41) is 4.28. The number of aromatic nitrogens is 3. The highest BCUT2D eigenvalue weighted by Gasteiger charge is 2.21. The lowest BCUT2D eigenvalue weighted by Crippen LogP contribution is -2.50. The molecule has 0 radical (unpaired) electrons. The molecular formula is C17H25N5. The standard InChI is InChI=1S/C17H25N5/c1-15-14-18-7-4-17(15)21-12-10-20(11-13-21)16(2)5-9-22-8-3-6-19-22/h3-4,6-8,14,16H,5,9-13H2,1-2H3/t16-/m1/s1. The second-order valence-electron chi connectivity index (χ2n) is 6.09. The Morgan fingerprint density at radius 1 is 1.18 bits per heavy atom. The average molecular weight is 299 g/mol. The fourth-order valence-corrected chi connectivity index (χ4v) is 3.16. The van der Waals surface area contributed by atoms with E-state index in [0.29, 0.717) is 6.04 Å². The van der Waals surface area contributed by atoms with Crippen LogP contribution in [0.4, 0.5) is 5.69 Å². The van der Waals surface area contributed by atoms with Gasteiger partial charge in [0.05, 0.1) is 0 Å². The molecule has 0 N–H and O–H groups in total. The minimum Gasteiger partial charge on any atom is -0.369 e. The zero-order chi connectivity index (χ0) is 15.4. The van der Waals surface area contributed by atoms with Gasteiger partial charge in [0.25, 0.3) is 0 Å². The van der Waals surface area contributed by atoms with Gasteiger partial charge >= 0.3 is 0 Å². The number of hydrogen-bond acceptors (Lipinski definition) is 4. The van der Waals surface area contributed by atoms with Crippen molar-refractivity contribution in [1.29, 1.82) is 0 Å². The van der Waals surface area contributed by atoms with Crippen LogP contribution in [0.15, 0.2) is 36.9 Å². The third-order valence-corrected chi connectivity index (χ3v) is 4.60. The fourth-order valence-electron chi connectivity index (χ4n) is 3.16. The molecule has 1 aliphatic heterocycles. The lowest BCUT2D eigenvalue weighted by molar-refractivity contribution is 0.182. The molecule has 1 atom stereocenters. The van der Waals surface area contributed by atoms with Gasteiger partial charge in [-0.3, -0.25) is 14.6 Å². The van der Waals surface area contributed by atoms with Gasteiger partial charge in [-0.1, -0.05) is 0 Å². The molecule has 118 valence electrons. The molecule has 0 spiro atoms. The Morgan fingerprint density at radius 2 is 2.00 bits per heavy atom. The van der Waals surface area contributed by atoms with E-state index in [0.717, 1.165) is 39.1 Å². The maximum Gasteiger partial charge on any atom is 0.0489 e. The van der Waals surface area contributed by atoms with Crippen molar-refractivity contribution in [2.24, 2.45) is 0 Å². The summed E-state index contributed by atoms with van der Waals surface area (Å²) in [7, 11) is 0. The SMILES string of the molecule is Cc1cnccc1N1CCN([C@H](C)CCn2cccn2)CC1. The summed E-state index contributed by atoms with van der Waals surface area (Å²) in [4.78, 5) is 9.26. The summed E-state index contributed by atoms with van der Waals surface area (Å²) < 4.78 is 2.02. The first-order valence-corrected chi connectivity index (χ1v) is 8.11. The summed E-state index contributed by atoms with van der Waals surface area (Å²) in [6.07, 6.45) is 8.88. The van der Waals surface area contributed by atoms with Crippen LogP contribution in [0, 0.1) is 6.92 Å². The van der Waals surface area contributed by atoms with Crippen molar-refractivity contribution < 1.29 is 0 Å². The van der Waals surface area contributed by atoms with E-state index in [-0.39, 0.29) is 0 Å². The summed E-state index contributed by atoms with van der Waals surface area (Å²) >= 11 is 0. The molecule has 2 aromatic rings. The molecule has 1 fully saturated rings. The minimum absolute atomic E-state index is 0.602. The van der Waals surface area contributed by atoms with Crippen LogP contribution < -0.4 is 4.90 Å². The van der Waals surface area contributed by atoms with Crippen LogP contribution in [0.1, 0.15) is 18.9 Å². The highest BCUT2D eigenvalue weighted by atomic mass is 15.3. The molecule has 3 heterocycles. The van der Waals surface area contributed by atoms with Gasteiger partial charge in [0.1, 0.15) is 0 Å². The zero-order valence-electron chi connectivity index (χ0n) is 13.5. The van der Waals surface area contributed by atoms with E-state index in [9.17, 15) is 0 Å².